The number of aromatic nitrogens is 1. The molecule has 2 heterocycles. The zero-order chi connectivity index (χ0) is 19.3. The topological polar surface area (TPSA) is 49.0 Å². The summed E-state index contributed by atoms with van der Waals surface area (Å²) in [7, 11) is 0. The first-order valence-corrected chi connectivity index (χ1v) is 11.9. The smallest absolute Gasteiger partial charge is 0.0573 e. The molecule has 0 spiro atoms. The van der Waals surface area contributed by atoms with Gasteiger partial charge in [-0.05, 0) is 63.0 Å². The molecule has 1 aliphatic heterocycles. The van der Waals surface area contributed by atoms with Gasteiger partial charge in [-0.2, -0.15) is 0 Å². The summed E-state index contributed by atoms with van der Waals surface area (Å²) in [5, 5.41) is 11.7. The third kappa shape index (κ3) is 4.95. The largest absolute Gasteiger partial charge is 0.312 e. The zero-order valence-electron chi connectivity index (χ0n) is 17.9. The van der Waals surface area contributed by atoms with Crippen molar-refractivity contribution in [2.45, 2.75) is 102 Å². The Balaban J connectivity index is 1.56. The summed E-state index contributed by atoms with van der Waals surface area (Å²) in [5.74, 6) is 1.32. The average molecular weight is 385 g/mol. The fourth-order valence-electron chi connectivity index (χ4n) is 5.81. The van der Waals surface area contributed by atoms with Gasteiger partial charge in [-0.15, -0.1) is 0 Å². The summed E-state index contributed by atoms with van der Waals surface area (Å²) in [6.07, 6.45) is 12.0. The van der Waals surface area contributed by atoms with Gasteiger partial charge < -0.3 is 16.0 Å². The second kappa shape index (κ2) is 9.69. The molecule has 0 unspecified atom stereocenters. The molecule has 4 heteroatoms. The highest BCUT2D eigenvalue weighted by Crippen LogP contribution is 2.33. The molecule has 0 saturated heterocycles. The molecule has 0 radical (unpaired) electrons. The van der Waals surface area contributed by atoms with E-state index < -0.39 is 0 Å². The lowest BCUT2D eigenvalue weighted by atomic mass is 9.78. The number of hydrogen-bond donors (Lipinski definition) is 3. The molecule has 3 aliphatic rings. The van der Waals surface area contributed by atoms with E-state index in [1.807, 2.05) is 0 Å². The Morgan fingerprint density at radius 3 is 2.25 bits per heavy atom. The van der Waals surface area contributed by atoms with Crippen LogP contribution >= 0.6 is 0 Å². The Hall–Kier alpha value is -0.970. The van der Waals surface area contributed by atoms with E-state index in [0.29, 0.717) is 30.1 Å². The summed E-state index contributed by atoms with van der Waals surface area (Å²) < 4.78 is 0. The molecular formula is C24H40N4. The number of fused-ring (bicyclic) bond motifs is 4. The van der Waals surface area contributed by atoms with Crippen molar-refractivity contribution in [2.24, 2.45) is 5.92 Å². The number of nitrogens with zero attached hydrogens (tertiary/aromatic N) is 1. The average Bonchev–Trinajstić information content (AvgIpc) is 2.73. The molecule has 4 rings (SSSR count). The van der Waals surface area contributed by atoms with Gasteiger partial charge in [0.1, 0.15) is 0 Å². The quantitative estimate of drug-likeness (QED) is 0.624. The predicted molar refractivity (Wildman–Crippen MR) is 117 cm³/mol. The molecule has 0 amide bonds. The Morgan fingerprint density at radius 1 is 0.786 bits per heavy atom. The Morgan fingerprint density at radius 2 is 1.43 bits per heavy atom. The van der Waals surface area contributed by atoms with Crippen LogP contribution in [0.4, 0.5) is 0 Å². The summed E-state index contributed by atoms with van der Waals surface area (Å²) in [6.45, 7) is 6.86. The third-order valence-corrected chi connectivity index (χ3v) is 7.47. The number of rotatable bonds is 0. The number of hydrogen-bond acceptors (Lipinski definition) is 4. The summed E-state index contributed by atoms with van der Waals surface area (Å²) in [5.41, 5.74) is 2.49. The van der Waals surface area contributed by atoms with Crippen LogP contribution in [0.25, 0.3) is 0 Å². The van der Waals surface area contributed by atoms with E-state index >= 15 is 0 Å². The Kier molecular flexibility index (Phi) is 7.03. The highest BCUT2D eigenvalue weighted by molar-refractivity contribution is 5.17. The maximum Gasteiger partial charge on any atom is 0.0573 e. The standard InChI is InChI=1S/C24H40N4/c1-17-16-19-8-3-4-9-22(19)25-14-15-26-23-10-5-6-11-24(23)27-18(2)21-13-7-12-20(17)28-21/h7,12-13,17-19,22-27H,3-6,8-11,14-16H2,1-2H3/t17-,18+,19+,22-,23-,24-/m1/s1. The van der Waals surface area contributed by atoms with Crippen molar-refractivity contribution in [2.75, 3.05) is 13.1 Å². The van der Waals surface area contributed by atoms with Crippen LogP contribution in [-0.4, -0.2) is 36.2 Å². The monoisotopic (exact) mass is 384 g/mol. The van der Waals surface area contributed by atoms with Crippen molar-refractivity contribution in [3.8, 4) is 0 Å². The van der Waals surface area contributed by atoms with Gasteiger partial charge in [0.05, 0.1) is 5.69 Å². The first-order chi connectivity index (χ1) is 13.7. The van der Waals surface area contributed by atoms with E-state index in [9.17, 15) is 0 Å². The minimum atomic E-state index is 0.310. The van der Waals surface area contributed by atoms with Crippen LogP contribution in [0.15, 0.2) is 18.2 Å². The molecule has 2 aliphatic carbocycles. The first-order valence-electron chi connectivity index (χ1n) is 11.9. The van der Waals surface area contributed by atoms with Crippen molar-refractivity contribution in [1.29, 1.82) is 0 Å². The van der Waals surface area contributed by atoms with Crippen molar-refractivity contribution in [3.63, 3.8) is 0 Å². The molecule has 4 nitrogen and oxygen atoms in total. The van der Waals surface area contributed by atoms with Crippen molar-refractivity contribution in [3.05, 3.63) is 29.6 Å². The minimum absolute atomic E-state index is 0.310. The predicted octanol–water partition coefficient (Wildman–Crippen LogP) is 4.29. The lowest BCUT2D eigenvalue weighted by Crippen LogP contribution is -2.52. The lowest BCUT2D eigenvalue weighted by molar-refractivity contribution is 0.234. The van der Waals surface area contributed by atoms with Gasteiger partial charge in [0, 0.05) is 43.0 Å². The summed E-state index contributed by atoms with van der Waals surface area (Å²) >= 11 is 0. The third-order valence-electron chi connectivity index (χ3n) is 7.47. The van der Waals surface area contributed by atoms with E-state index in [-0.39, 0.29) is 0 Å². The second-order valence-electron chi connectivity index (χ2n) is 9.57. The van der Waals surface area contributed by atoms with Gasteiger partial charge in [-0.1, -0.05) is 38.7 Å². The van der Waals surface area contributed by atoms with Crippen molar-refractivity contribution >= 4 is 0 Å². The van der Waals surface area contributed by atoms with Gasteiger partial charge in [0.25, 0.3) is 0 Å². The van der Waals surface area contributed by atoms with Gasteiger partial charge in [0.2, 0.25) is 0 Å². The molecule has 3 N–H and O–H groups in total. The van der Waals surface area contributed by atoms with Gasteiger partial charge in [-0.3, -0.25) is 4.98 Å². The molecule has 28 heavy (non-hydrogen) atoms. The van der Waals surface area contributed by atoms with Crippen molar-refractivity contribution in [1.82, 2.24) is 20.9 Å². The van der Waals surface area contributed by atoms with Crippen LogP contribution in [0.5, 0.6) is 0 Å². The molecule has 156 valence electrons. The van der Waals surface area contributed by atoms with Crippen LogP contribution in [0, 0.1) is 5.92 Å². The van der Waals surface area contributed by atoms with Crippen molar-refractivity contribution < 1.29 is 0 Å². The maximum atomic E-state index is 5.12. The van der Waals surface area contributed by atoms with E-state index in [2.05, 4.69) is 48.0 Å². The Labute approximate surface area is 171 Å². The summed E-state index contributed by atoms with van der Waals surface area (Å²) in [4.78, 5) is 5.12. The molecule has 0 aromatic carbocycles. The van der Waals surface area contributed by atoms with Crippen LogP contribution in [-0.2, 0) is 0 Å². The second-order valence-corrected chi connectivity index (χ2v) is 9.57. The highest BCUT2D eigenvalue weighted by atomic mass is 15.1. The normalized spacial score (nSPS) is 37.8. The molecular weight excluding hydrogens is 344 g/mol. The fourth-order valence-corrected chi connectivity index (χ4v) is 5.81. The van der Waals surface area contributed by atoms with Gasteiger partial charge >= 0.3 is 0 Å². The molecule has 2 saturated carbocycles. The van der Waals surface area contributed by atoms with Gasteiger partial charge in [0.15, 0.2) is 0 Å². The lowest BCUT2D eigenvalue weighted by Gasteiger charge is -2.36. The fraction of sp³-hybridized carbons (Fsp3) is 0.792. The highest BCUT2D eigenvalue weighted by Gasteiger charge is 2.29. The van der Waals surface area contributed by atoms with Gasteiger partial charge in [-0.25, -0.2) is 0 Å². The van der Waals surface area contributed by atoms with E-state index in [4.69, 9.17) is 4.98 Å². The van der Waals surface area contributed by atoms with E-state index in [1.165, 1.54) is 69.2 Å². The SMILES string of the molecule is C[C@@H]1C[C@@H]2CCCC[C@H]2NCCN[C@@H]2CCCC[C@H]2N[C@@H](C)c2cccc1n2. The van der Waals surface area contributed by atoms with Crippen LogP contribution in [0.3, 0.4) is 0 Å². The first kappa shape index (κ1) is 20.3. The maximum absolute atomic E-state index is 5.12. The molecule has 1 aromatic rings. The number of pyridine rings is 1. The Bertz CT molecular complexity index is 569. The molecule has 1 aromatic heterocycles. The summed E-state index contributed by atoms with van der Waals surface area (Å²) in [6, 6.07) is 8.82. The number of nitrogens with one attached hydrogen (secondary N) is 3. The van der Waals surface area contributed by atoms with Crippen LogP contribution in [0.1, 0.15) is 95.0 Å². The molecule has 2 fully saturated rings. The van der Waals surface area contributed by atoms with Crippen LogP contribution < -0.4 is 16.0 Å². The van der Waals surface area contributed by atoms with Crippen LogP contribution in [0.2, 0.25) is 0 Å². The minimum Gasteiger partial charge on any atom is -0.312 e. The molecule has 2 bridgehead atoms. The zero-order valence-corrected chi connectivity index (χ0v) is 17.9. The van der Waals surface area contributed by atoms with E-state index in [0.717, 1.165) is 19.0 Å². The molecule has 6 atom stereocenters. The van der Waals surface area contributed by atoms with E-state index in [1.54, 1.807) is 0 Å².